The highest BCUT2D eigenvalue weighted by Crippen LogP contribution is 2.24. The molecule has 0 amide bonds. The normalized spacial score (nSPS) is 11.2. The van der Waals surface area contributed by atoms with Gasteiger partial charge >= 0.3 is 0 Å². The maximum atomic E-state index is 2.30. The zero-order chi connectivity index (χ0) is 16.1. The van der Waals surface area contributed by atoms with Crippen LogP contribution in [-0.4, -0.2) is 11.5 Å². The van der Waals surface area contributed by atoms with Gasteiger partial charge in [0, 0.05) is 11.5 Å². The molecule has 2 heteroatoms. The second-order valence-electron chi connectivity index (χ2n) is 6.59. The maximum Gasteiger partial charge on any atom is 0.00369 e. The van der Waals surface area contributed by atoms with Crippen LogP contribution in [-0.2, 0) is 0 Å². The van der Waals surface area contributed by atoms with E-state index in [-0.39, 0.29) is 0 Å². The monoisotopic (exact) mass is 346 g/mol. The fourth-order valence-electron chi connectivity index (χ4n) is 2.71. The van der Waals surface area contributed by atoms with E-state index in [0.717, 1.165) is 0 Å². The van der Waals surface area contributed by atoms with Crippen molar-refractivity contribution < 1.29 is 0 Å². The molecule has 0 atom stereocenters. The molecule has 0 aromatic carbocycles. The smallest absolute Gasteiger partial charge is 0.00369 e. The summed E-state index contributed by atoms with van der Waals surface area (Å²) in [4.78, 5) is 0. The van der Waals surface area contributed by atoms with Gasteiger partial charge in [-0.3, -0.25) is 0 Å². The summed E-state index contributed by atoms with van der Waals surface area (Å²) < 4.78 is 0. The average molecular weight is 347 g/mol. The highest BCUT2D eigenvalue weighted by molar-refractivity contribution is 8.76. The summed E-state index contributed by atoms with van der Waals surface area (Å²) >= 11 is 0. The van der Waals surface area contributed by atoms with Crippen LogP contribution in [0, 0.1) is 0 Å². The molecular weight excluding hydrogens is 304 g/mol. The molecule has 0 heterocycles. The Morgan fingerprint density at radius 2 is 0.636 bits per heavy atom. The zero-order valence-corrected chi connectivity index (χ0v) is 17.2. The van der Waals surface area contributed by atoms with Crippen LogP contribution >= 0.6 is 21.6 Å². The zero-order valence-electron chi connectivity index (χ0n) is 15.5. The molecule has 0 saturated carbocycles. The van der Waals surface area contributed by atoms with E-state index in [0.29, 0.717) is 0 Å². The quantitative estimate of drug-likeness (QED) is 0.169. The first kappa shape index (κ1) is 22.7. The Bertz CT molecular complexity index is 163. The van der Waals surface area contributed by atoms with Crippen molar-refractivity contribution in [2.24, 2.45) is 0 Å². The summed E-state index contributed by atoms with van der Waals surface area (Å²) in [5.41, 5.74) is 0. The van der Waals surface area contributed by atoms with Crippen molar-refractivity contribution >= 4 is 21.6 Å². The molecule has 0 saturated heterocycles. The molecular formula is C20H42S2. The van der Waals surface area contributed by atoms with E-state index in [4.69, 9.17) is 0 Å². The third-order valence-corrected chi connectivity index (χ3v) is 6.82. The first-order chi connectivity index (χ1) is 10.9. The molecule has 0 aromatic heterocycles. The molecule has 0 N–H and O–H groups in total. The van der Waals surface area contributed by atoms with Crippen LogP contribution in [0.2, 0.25) is 0 Å². The molecule has 0 aromatic rings. The molecule has 0 spiro atoms. The van der Waals surface area contributed by atoms with Crippen LogP contribution in [0.1, 0.15) is 117 Å². The van der Waals surface area contributed by atoms with E-state index in [1.807, 2.05) is 0 Å². The fraction of sp³-hybridized carbons (Fsp3) is 1.00. The molecule has 0 radical (unpaired) electrons. The molecule has 0 aliphatic heterocycles. The third kappa shape index (κ3) is 20.7. The van der Waals surface area contributed by atoms with Crippen molar-refractivity contribution in [2.45, 2.75) is 117 Å². The third-order valence-electron chi connectivity index (χ3n) is 4.25. The van der Waals surface area contributed by atoms with Crippen molar-refractivity contribution in [3.8, 4) is 0 Å². The minimum Gasteiger partial charge on any atom is -0.0942 e. The Morgan fingerprint density at radius 1 is 0.364 bits per heavy atom. The summed E-state index contributed by atoms with van der Waals surface area (Å²) in [6.45, 7) is 4.59. The van der Waals surface area contributed by atoms with E-state index < -0.39 is 0 Å². The van der Waals surface area contributed by atoms with E-state index in [9.17, 15) is 0 Å². The lowest BCUT2D eigenvalue weighted by molar-refractivity contribution is 0.563. The highest BCUT2D eigenvalue weighted by Gasteiger charge is 1.95. The first-order valence-corrected chi connectivity index (χ1v) is 12.6. The second-order valence-corrected chi connectivity index (χ2v) is 9.30. The number of unbranched alkanes of at least 4 members (excludes halogenated alkanes) is 14. The molecule has 0 aliphatic carbocycles. The van der Waals surface area contributed by atoms with E-state index in [2.05, 4.69) is 35.4 Å². The van der Waals surface area contributed by atoms with Crippen LogP contribution in [0.15, 0.2) is 0 Å². The molecule has 0 aliphatic rings. The topological polar surface area (TPSA) is 0 Å². The minimum absolute atomic E-state index is 1.36. The van der Waals surface area contributed by atoms with Crippen molar-refractivity contribution in [2.75, 3.05) is 11.5 Å². The second kappa shape index (κ2) is 21.7. The molecule has 0 rings (SSSR count). The highest BCUT2D eigenvalue weighted by atomic mass is 33.1. The van der Waals surface area contributed by atoms with Crippen molar-refractivity contribution in [3.05, 3.63) is 0 Å². The Morgan fingerprint density at radius 3 is 0.955 bits per heavy atom. The summed E-state index contributed by atoms with van der Waals surface area (Å²) in [7, 11) is 4.23. The lowest BCUT2D eigenvalue weighted by Gasteiger charge is -2.03. The van der Waals surface area contributed by atoms with Crippen molar-refractivity contribution in [1.29, 1.82) is 0 Å². The van der Waals surface area contributed by atoms with E-state index in [1.165, 1.54) is 114 Å². The first-order valence-electron chi connectivity index (χ1n) is 10.2. The summed E-state index contributed by atoms with van der Waals surface area (Å²) in [5.74, 6) is 2.74. The van der Waals surface area contributed by atoms with Gasteiger partial charge < -0.3 is 0 Å². The van der Waals surface area contributed by atoms with Gasteiger partial charge in [-0.2, -0.15) is 0 Å². The van der Waals surface area contributed by atoms with Gasteiger partial charge in [0.1, 0.15) is 0 Å². The van der Waals surface area contributed by atoms with Crippen LogP contribution in [0.5, 0.6) is 0 Å². The molecule has 22 heavy (non-hydrogen) atoms. The predicted octanol–water partition coefficient (Wildman–Crippen LogP) is 8.65. The lowest BCUT2D eigenvalue weighted by atomic mass is 10.1. The van der Waals surface area contributed by atoms with Crippen molar-refractivity contribution in [1.82, 2.24) is 0 Å². The van der Waals surface area contributed by atoms with E-state index in [1.54, 1.807) is 0 Å². The minimum atomic E-state index is 1.36. The SMILES string of the molecule is CCCCCCCCCCCCSSCCCCCCCC. The standard InChI is InChI=1S/C20H42S2/c1-3-5-7-9-11-12-13-14-16-18-20-22-21-19-17-15-10-8-6-4-2/h3-20H2,1-2H3. The van der Waals surface area contributed by atoms with E-state index >= 15 is 0 Å². The van der Waals surface area contributed by atoms with Gasteiger partial charge in [-0.1, -0.05) is 125 Å². The van der Waals surface area contributed by atoms with Gasteiger partial charge in [-0.05, 0) is 12.8 Å². The predicted molar refractivity (Wildman–Crippen MR) is 110 cm³/mol. The van der Waals surface area contributed by atoms with Gasteiger partial charge in [0.25, 0.3) is 0 Å². The summed E-state index contributed by atoms with van der Waals surface area (Å²) in [6.07, 6.45) is 23.1. The molecule has 0 bridgehead atoms. The van der Waals surface area contributed by atoms with Gasteiger partial charge in [-0.25, -0.2) is 0 Å². The fourth-order valence-corrected chi connectivity index (χ4v) is 5.00. The van der Waals surface area contributed by atoms with Gasteiger partial charge in [0.15, 0.2) is 0 Å². The number of hydrogen-bond acceptors (Lipinski definition) is 2. The van der Waals surface area contributed by atoms with Crippen LogP contribution in [0.4, 0.5) is 0 Å². The Hall–Kier alpha value is 0.700. The number of rotatable bonds is 19. The molecule has 0 fully saturated rings. The van der Waals surface area contributed by atoms with Gasteiger partial charge in [0.05, 0.1) is 0 Å². The molecule has 0 unspecified atom stereocenters. The van der Waals surface area contributed by atoms with Crippen LogP contribution < -0.4 is 0 Å². The Balaban J connectivity index is 2.91. The average Bonchev–Trinajstić information content (AvgIpc) is 2.54. The maximum absolute atomic E-state index is 2.30. The molecule has 134 valence electrons. The van der Waals surface area contributed by atoms with Crippen LogP contribution in [0.25, 0.3) is 0 Å². The summed E-state index contributed by atoms with van der Waals surface area (Å²) in [5, 5.41) is 0. The van der Waals surface area contributed by atoms with Gasteiger partial charge in [-0.15, -0.1) is 0 Å². The summed E-state index contributed by atoms with van der Waals surface area (Å²) in [6, 6.07) is 0. The lowest BCUT2D eigenvalue weighted by Crippen LogP contribution is -1.84. The Kier molecular flexibility index (Phi) is 22.4. The van der Waals surface area contributed by atoms with Crippen LogP contribution in [0.3, 0.4) is 0 Å². The molecule has 0 nitrogen and oxygen atoms in total. The Labute approximate surface area is 149 Å². The largest absolute Gasteiger partial charge is 0.0942 e. The van der Waals surface area contributed by atoms with Crippen molar-refractivity contribution in [3.63, 3.8) is 0 Å². The van der Waals surface area contributed by atoms with Gasteiger partial charge in [0.2, 0.25) is 0 Å². The number of hydrogen-bond donors (Lipinski definition) is 0.